The fourth-order valence-corrected chi connectivity index (χ4v) is 4.06. The predicted molar refractivity (Wildman–Crippen MR) is 126 cm³/mol. The van der Waals surface area contributed by atoms with Crippen LogP contribution in [0.25, 0.3) is 11.1 Å². The molecule has 32 heavy (non-hydrogen) atoms. The first kappa shape index (κ1) is 21.2. The van der Waals surface area contributed by atoms with Gasteiger partial charge in [0.25, 0.3) is 0 Å². The van der Waals surface area contributed by atoms with E-state index in [2.05, 4.69) is 0 Å². The molecule has 0 aliphatic carbocycles. The van der Waals surface area contributed by atoms with Crippen molar-refractivity contribution in [3.8, 4) is 11.1 Å². The Morgan fingerprint density at radius 1 is 0.656 bits per heavy atom. The highest BCUT2D eigenvalue weighted by Gasteiger charge is 2.36. The summed E-state index contributed by atoms with van der Waals surface area (Å²) >= 11 is 0. The Morgan fingerprint density at radius 3 is 1.66 bits per heavy atom. The molecule has 0 aliphatic rings. The molecule has 2 unspecified atom stereocenters. The lowest BCUT2D eigenvalue weighted by atomic mass is 9.82. The second kappa shape index (κ2) is 9.84. The summed E-state index contributed by atoms with van der Waals surface area (Å²) in [6, 6.07) is 34.6. The van der Waals surface area contributed by atoms with Crippen LogP contribution in [0.15, 0.2) is 115 Å². The fourth-order valence-electron chi connectivity index (χ4n) is 4.06. The van der Waals surface area contributed by atoms with Crippen molar-refractivity contribution in [3.05, 3.63) is 142 Å². The molecular weight excluding hydrogens is 398 g/mol. The van der Waals surface area contributed by atoms with E-state index in [1.165, 1.54) is 0 Å². The third-order valence-corrected chi connectivity index (χ3v) is 5.70. The first-order valence-electron chi connectivity index (χ1n) is 10.6. The van der Waals surface area contributed by atoms with Gasteiger partial charge in [0.2, 0.25) is 6.04 Å². The standard InChI is InChI=1S/C28H23NO3/c30-27(24-18-16-22(17-19-24)21-10-4-1-5-11-21)20-26(23-12-6-2-7-13-23)28(29(31)32)25-14-8-3-9-15-25/h1-19,26,28H,20H2. The van der Waals surface area contributed by atoms with Crippen LogP contribution in [0.3, 0.4) is 0 Å². The highest BCUT2D eigenvalue weighted by atomic mass is 16.6. The molecule has 0 radical (unpaired) electrons. The lowest BCUT2D eigenvalue weighted by Crippen LogP contribution is -2.22. The van der Waals surface area contributed by atoms with Crippen LogP contribution in [0.5, 0.6) is 0 Å². The zero-order valence-electron chi connectivity index (χ0n) is 17.5. The molecular formula is C28H23NO3. The molecule has 0 spiro atoms. The fraction of sp³-hybridized carbons (Fsp3) is 0.107. The molecule has 4 nitrogen and oxygen atoms in total. The van der Waals surface area contributed by atoms with Gasteiger partial charge in [-0.1, -0.05) is 115 Å². The number of nitrogens with zero attached hydrogens (tertiary/aromatic N) is 1. The Labute approximate surface area is 187 Å². The van der Waals surface area contributed by atoms with E-state index in [-0.39, 0.29) is 17.1 Å². The maximum atomic E-state index is 13.2. The third-order valence-electron chi connectivity index (χ3n) is 5.70. The zero-order valence-corrected chi connectivity index (χ0v) is 17.5. The molecule has 0 aromatic heterocycles. The van der Waals surface area contributed by atoms with Crippen LogP contribution >= 0.6 is 0 Å². The maximum absolute atomic E-state index is 13.2. The predicted octanol–water partition coefficient (Wildman–Crippen LogP) is 6.73. The Balaban J connectivity index is 1.64. The van der Waals surface area contributed by atoms with Gasteiger partial charge >= 0.3 is 0 Å². The first-order chi connectivity index (χ1) is 15.6. The lowest BCUT2D eigenvalue weighted by molar-refractivity contribution is -0.533. The lowest BCUT2D eigenvalue weighted by Gasteiger charge is -2.21. The molecule has 0 saturated carbocycles. The van der Waals surface area contributed by atoms with Gasteiger partial charge in [-0.2, -0.15) is 0 Å². The van der Waals surface area contributed by atoms with Crippen LogP contribution < -0.4 is 0 Å². The Hall–Kier alpha value is -4.05. The third kappa shape index (κ3) is 4.81. The van der Waals surface area contributed by atoms with Gasteiger partial charge in [0.15, 0.2) is 5.78 Å². The van der Waals surface area contributed by atoms with Crippen molar-refractivity contribution >= 4 is 5.78 Å². The van der Waals surface area contributed by atoms with Crippen LogP contribution in [0.1, 0.15) is 39.9 Å². The number of carbonyl (C=O) groups is 1. The number of Topliss-reactive ketones (excluding diaryl/α,β-unsaturated/α-hetero) is 1. The molecule has 4 aromatic carbocycles. The van der Waals surface area contributed by atoms with Crippen molar-refractivity contribution in [3.63, 3.8) is 0 Å². The van der Waals surface area contributed by atoms with E-state index in [9.17, 15) is 14.9 Å². The van der Waals surface area contributed by atoms with Crippen molar-refractivity contribution in [2.24, 2.45) is 0 Å². The van der Waals surface area contributed by atoms with Crippen LogP contribution in [-0.2, 0) is 0 Å². The summed E-state index contributed by atoms with van der Waals surface area (Å²) < 4.78 is 0. The molecule has 0 saturated heterocycles. The highest BCUT2D eigenvalue weighted by molar-refractivity contribution is 5.97. The van der Waals surface area contributed by atoms with E-state index in [1.807, 2.05) is 78.9 Å². The van der Waals surface area contributed by atoms with Gasteiger partial charge in [0, 0.05) is 22.5 Å². The number of hydrogen-bond acceptors (Lipinski definition) is 3. The van der Waals surface area contributed by atoms with Gasteiger partial charge in [-0.25, -0.2) is 0 Å². The van der Waals surface area contributed by atoms with Gasteiger partial charge in [0.1, 0.15) is 0 Å². The SMILES string of the molecule is O=C(CC(c1ccccc1)C(c1ccccc1)[N+](=O)[O-])c1ccc(-c2ccccc2)cc1. The summed E-state index contributed by atoms with van der Waals surface area (Å²) in [6.07, 6.45) is 0.0508. The molecule has 0 N–H and O–H groups in total. The molecule has 4 heteroatoms. The van der Waals surface area contributed by atoms with Crippen LogP contribution in [-0.4, -0.2) is 10.7 Å². The average Bonchev–Trinajstić information content (AvgIpc) is 2.85. The topological polar surface area (TPSA) is 60.2 Å². The Morgan fingerprint density at radius 2 is 1.12 bits per heavy atom. The minimum absolute atomic E-state index is 0.0508. The molecule has 0 heterocycles. The molecule has 4 aromatic rings. The summed E-state index contributed by atoms with van der Waals surface area (Å²) in [5.74, 6) is -0.684. The molecule has 0 aliphatic heterocycles. The van der Waals surface area contributed by atoms with E-state index in [1.54, 1.807) is 36.4 Å². The van der Waals surface area contributed by atoms with E-state index >= 15 is 0 Å². The van der Waals surface area contributed by atoms with Gasteiger partial charge in [-0.05, 0) is 16.7 Å². The van der Waals surface area contributed by atoms with E-state index in [0.717, 1.165) is 16.7 Å². The molecule has 0 bridgehead atoms. The molecule has 158 valence electrons. The van der Waals surface area contributed by atoms with Gasteiger partial charge in [0.05, 0.1) is 5.92 Å². The quantitative estimate of drug-likeness (QED) is 0.180. The van der Waals surface area contributed by atoms with Crippen molar-refractivity contribution in [1.29, 1.82) is 0 Å². The average molecular weight is 421 g/mol. The van der Waals surface area contributed by atoms with Crippen molar-refractivity contribution < 1.29 is 9.72 Å². The largest absolute Gasteiger partial charge is 0.294 e. The molecule has 4 rings (SSSR count). The summed E-state index contributed by atoms with van der Waals surface area (Å²) in [7, 11) is 0. The van der Waals surface area contributed by atoms with Crippen molar-refractivity contribution in [2.75, 3.05) is 0 Å². The number of nitro groups is 1. The maximum Gasteiger partial charge on any atom is 0.245 e. The first-order valence-corrected chi connectivity index (χ1v) is 10.6. The van der Waals surface area contributed by atoms with E-state index in [4.69, 9.17) is 0 Å². The molecule has 2 atom stereocenters. The van der Waals surface area contributed by atoms with E-state index < -0.39 is 12.0 Å². The van der Waals surface area contributed by atoms with Crippen molar-refractivity contribution in [2.45, 2.75) is 18.4 Å². The summed E-state index contributed by atoms with van der Waals surface area (Å²) in [5, 5.41) is 12.1. The minimum Gasteiger partial charge on any atom is -0.294 e. The van der Waals surface area contributed by atoms with Crippen LogP contribution in [0.4, 0.5) is 0 Å². The zero-order chi connectivity index (χ0) is 22.3. The van der Waals surface area contributed by atoms with Crippen molar-refractivity contribution in [1.82, 2.24) is 0 Å². The number of benzene rings is 4. The van der Waals surface area contributed by atoms with E-state index in [0.29, 0.717) is 11.1 Å². The van der Waals surface area contributed by atoms with Gasteiger partial charge in [-0.15, -0.1) is 0 Å². The molecule has 0 amide bonds. The Kier molecular flexibility index (Phi) is 6.52. The summed E-state index contributed by atoms with van der Waals surface area (Å²) in [6.45, 7) is 0. The second-order valence-corrected chi connectivity index (χ2v) is 7.73. The number of ketones is 1. The summed E-state index contributed by atoms with van der Waals surface area (Å²) in [4.78, 5) is 25.1. The number of hydrogen-bond donors (Lipinski definition) is 0. The van der Waals surface area contributed by atoms with Crippen LogP contribution in [0, 0.1) is 10.1 Å². The Bertz CT molecular complexity index is 1170. The smallest absolute Gasteiger partial charge is 0.245 e. The molecule has 0 fully saturated rings. The highest BCUT2D eigenvalue weighted by Crippen LogP contribution is 2.37. The minimum atomic E-state index is -1.01. The summed E-state index contributed by atoms with van der Waals surface area (Å²) in [5.41, 5.74) is 4.03. The van der Waals surface area contributed by atoms with Gasteiger partial charge in [-0.3, -0.25) is 14.9 Å². The van der Waals surface area contributed by atoms with Crippen LogP contribution in [0.2, 0.25) is 0 Å². The second-order valence-electron chi connectivity index (χ2n) is 7.73. The number of rotatable bonds is 8. The number of carbonyl (C=O) groups excluding carboxylic acids is 1. The normalized spacial score (nSPS) is 12.6. The van der Waals surface area contributed by atoms with Gasteiger partial charge < -0.3 is 0 Å². The monoisotopic (exact) mass is 421 g/mol.